The van der Waals surface area contributed by atoms with E-state index in [1.54, 1.807) is 29.1 Å². The van der Waals surface area contributed by atoms with Crippen molar-refractivity contribution in [3.05, 3.63) is 71.9 Å². The van der Waals surface area contributed by atoms with Crippen LogP contribution in [-0.4, -0.2) is 26.9 Å². The molecule has 0 atom stereocenters. The monoisotopic (exact) mass is 431 g/mol. The van der Waals surface area contributed by atoms with Crippen molar-refractivity contribution in [1.82, 2.24) is 14.5 Å². The molecule has 0 saturated heterocycles. The molecule has 1 aliphatic heterocycles. The summed E-state index contributed by atoms with van der Waals surface area (Å²) >= 11 is 0. The first-order valence-corrected chi connectivity index (χ1v) is 9.25. The van der Waals surface area contributed by atoms with Gasteiger partial charge in [0.2, 0.25) is 5.91 Å². The number of hydrogen-bond donors (Lipinski definition) is 2. The summed E-state index contributed by atoms with van der Waals surface area (Å²) in [5.41, 5.74) is 6.14. The molecule has 0 saturated carbocycles. The van der Waals surface area contributed by atoms with Crippen LogP contribution < -0.4 is 11.1 Å². The number of nitrogens with zero attached hydrogens (tertiary/aromatic N) is 3. The van der Waals surface area contributed by atoms with Gasteiger partial charge in [0.05, 0.1) is 18.7 Å². The number of nitrogens with two attached hydrogens (primary N) is 1. The van der Waals surface area contributed by atoms with Crippen LogP contribution in [0.15, 0.2) is 54.7 Å². The van der Waals surface area contributed by atoms with Gasteiger partial charge in [-0.15, -0.1) is 0 Å². The van der Waals surface area contributed by atoms with E-state index in [9.17, 15) is 22.4 Å². The van der Waals surface area contributed by atoms with Crippen LogP contribution in [0.1, 0.15) is 11.4 Å². The zero-order valence-electron chi connectivity index (χ0n) is 16.0. The molecule has 1 aromatic heterocycles. The fourth-order valence-corrected chi connectivity index (χ4v) is 3.20. The second-order valence-electron chi connectivity index (χ2n) is 6.83. The molecule has 1 aliphatic rings. The lowest BCUT2D eigenvalue weighted by molar-refractivity contribution is -0.137. The van der Waals surface area contributed by atoms with Gasteiger partial charge in [-0.25, -0.2) is 9.37 Å². The third kappa shape index (κ3) is 4.15. The fourth-order valence-electron chi connectivity index (χ4n) is 3.20. The van der Waals surface area contributed by atoms with Crippen LogP contribution in [-0.2, 0) is 17.5 Å². The van der Waals surface area contributed by atoms with Crippen LogP contribution in [0.4, 0.5) is 29.1 Å². The van der Waals surface area contributed by atoms with E-state index in [-0.39, 0.29) is 19.0 Å². The van der Waals surface area contributed by atoms with Gasteiger partial charge in [0.15, 0.2) is 0 Å². The Kier molecular flexibility index (Phi) is 5.24. The summed E-state index contributed by atoms with van der Waals surface area (Å²) in [5, 5.41) is 3.09. The predicted octanol–water partition coefficient (Wildman–Crippen LogP) is 4.18. The lowest BCUT2D eigenvalue weighted by Gasteiger charge is -2.22. The van der Waals surface area contributed by atoms with Gasteiger partial charge in [-0.3, -0.25) is 9.36 Å². The van der Waals surface area contributed by atoms with E-state index in [0.717, 1.165) is 12.1 Å². The maximum absolute atomic E-state index is 13.4. The summed E-state index contributed by atoms with van der Waals surface area (Å²) in [6.07, 6.45) is -1.27. The van der Waals surface area contributed by atoms with Crippen LogP contribution in [0.3, 0.4) is 0 Å². The second-order valence-corrected chi connectivity index (χ2v) is 6.83. The van der Waals surface area contributed by atoms with Gasteiger partial charge < -0.3 is 16.0 Å². The number of halogens is 4. The molecular formula is C21H17F4N5O. The maximum Gasteiger partial charge on any atom is 0.416 e. The van der Waals surface area contributed by atoms with Gasteiger partial charge in [-0.2, -0.15) is 13.2 Å². The van der Waals surface area contributed by atoms with Crippen molar-refractivity contribution in [1.29, 1.82) is 0 Å². The van der Waals surface area contributed by atoms with Crippen LogP contribution in [0.5, 0.6) is 0 Å². The molecule has 4 rings (SSSR count). The highest BCUT2D eigenvalue weighted by Gasteiger charge is 2.30. The molecule has 1 amide bonds. The Morgan fingerprint density at radius 1 is 1.06 bits per heavy atom. The fraction of sp³-hybridized carbons (Fsp3) is 0.143. The molecule has 0 unspecified atom stereocenters. The molecule has 2 aromatic carbocycles. The van der Waals surface area contributed by atoms with Crippen LogP contribution >= 0.6 is 0 Å². The van der Waals surface area contributed by atoms with Crippen molar-refractivity contribution < 1.29 is 22.4 Å². The molecular weight excluding hydrogens is 414 g/mol. The van der Waals surface area contributed by atoms with Crippen LogP contribution in [0.2, 0.25) is 0 Å². The summed E-state index contributed by atoms with van der Waals surface area (Å²) in [6, 6.07) is 10.3. The SMILES string of the molecule is NCC(=O)N1C=Cn2c(nc(-c3ccc(F)cc3)c2Nc2ccc(C(F)(F)F)cc2)C1. The highest BCUT2D eigenvalue weighted by molar-refractivity contribution is 5.82. The molecule has 3 N–H and O–H groups in total. The van der Waals surface area contributed by atoms with Crippen LogP contribution in [0.25, 0.3) is 17.5 Å². The van der Waals surface area contributed by atoms with Gasteiger partial charge in [0, 0.05) is 23.7 Å². The van der Waals surface area contributed by atoms with Gasteiger partial charge >= 0.3 is 6.18 Å². The molecule has 0 fully saturated rings. The Morgan fingerprint density at radius 2 is 1.74 bits per heavy atom. The second kappa shape index (κ2) is 7.88. The lowest BCUT2D eigenvalue weighted by Crippen LogP contribution is -2.33. The minimum atomic E-state index is -4.44. The number of hydrogen-bond acceptors (Lipinski definition) is 4. The average Bonchev–Trinajstić information content (AvgIpc) is 3.11. The number of alkyl halides is 3. The van der Waals surface area contributed by atoms with E-state index in [2.05, 4.69) is 10.3 Å². The van der Waals surface area contributed by atoms with E-state index in [1.807, 2.05) is 0 Å². The van der Waals surface area contributed by atoms with Gasteiger partial charge in [-0.1, -0.05) is 0 Å². The van der Waals surface area contributed by atoms with E-state index >= 15 is 0 Å². The van der Waals surface area contributed by atoms with Gasteiger partial charge in [0.25, 0.3) is 0 Å². The van der Waals surface area contributed by atoms with Crippen molar-refractivity contribution in [2.75, 3.05) is 11.9 Å². The molecule has 160 valence electrons. The molecule has 31 heavy (non-hydrogen) atoms. The van der Waals surface area contributed by atoms with E-state index < -0.39 is 17.6 Å². The molecule has 0 bridgehead atoms. The smallest absolute Gasteiger partial charge is 0.339 e. The minimum Gasteiger partial charge on any atom is -0.339 e. The van der Waals surface area contributed by atoms with Crippen LogP contribution in [0, 0.1) is 5.82 Å². The number of rotatable bonds is 4. The number of benzene rings is 2. The molecule has 0 aliphatic carbocycles. The topological polar surface area (TPSA) is 76.2 Å². The Bertz CT molecular complexity index is 1130. The Balaban J connectivity index is 1.74. The zero-order chi connectivity index (χ0) is 22.2. The van der Waals surface area contributed by atoms with E-state index in [4.69, 9.17) is 5.73 Å². The maximum atomic E-state index is 13.4. The van der Waals surface area contributed by atoms with E-state index in [0.29, 0.717) is 28.6 Å². The number of fused-ring (bicyclic) bond motifs is 1. The number of carbonyl (C=O) groups is 1. The number of aromatic nitrogens is 2. The zero-order valence-corrected chi connectivity index (χ0v) is 16.0. The number of anilines is 2. The largest absolute Gasteiger partial charge is 0.416 e. The third-order valence-corrected chi connectivity index (χ3v) is 4.78. The molecule has 0 radical (unpaired) electrons. The Morgan fingerprint density at radius 3 is 2.35 bits per heavy atom. The molecule has 3 aromatic rings. The Labute approximate surface area is 174 Å². The first-order valence-electron chi connectivity index (χ1n) is 9.25. The van der Waals surface area contributed by atoms with Crippen molar-refractivity contribution in [2.24, 2.45) is 5.73 Å². The molecule has 10 heteroatoms. The van der Waals surface area contributed by atoms with Gasteiger partial charge in [-0.05, 0) is 48.5 Å². The summed E-state index contributed by atoms with van der Waals surface area (Å²) in [4.78, 5) is 17.9. The molecule has 0 spiro atoms. The first kappa shape index (κ1) is 20.6. The lowest BCUT2D eigenvalue weighted by atomic mass is 10.1. The van der Waals surface area contributed by atoms with Crippen molar-refractivity contribution in [3.8, 4) is 11.3 Å². The summed E-state index contributed by atoms with van der Waals surface area (Å²) < 4.78 is 53.6. The number of nitrogens with one attached hydrogen (secondary N) is 1. The molecule has 6 nitrogen and oxygen atoms in total. The quantitative estimate of drug-likeness (QED) is 0.608. The van der Waals surface area contributed by atoms with Crippen molar-refractivity contribution in [3.63, 3.8) is 0 Å². The summed E-state index contributed by atoms with van der Waals surface area (Å²) in [6.45, 7) is 0.00193. The highest BCUT2D eigenvalue weighted by Crippen LogP contribution is 2.35. The number of carbonyl (C=O) groups excluding carboxylic acids is 1. The number of amides is 1. The first-order chi connectivity index (χ1) is 14.8. The average molecular weight is 431 g/mol. The highest BCUT2D eigenvalue weighted by atomic mass is 19.4. The normalized spacial score (nSPS) is 13.3. The third-order valence-electron chi connectivity index (χ3n) is 4.78. The summed E-state index contributed by atoms with van der Waals surface area (Å²) in [7, 11) is 0. The van der Waals surface area contributed by atoms with Gasteiger partial charge in [0.1, 0.15) is 23.2 Å². The standard InChI is InChI=1S/C21H17F4N5O/c22-15-5-1-13(2-6-15)19-20(27-16-7-3-14(4-8-16)21(23,24)25)30-10-9-29(18(31)11-26)12-17(30)28-19/h1-10,27H,11-12,26H2. The summed E-state index contributed by atoms with van der Waals surface area (Å²) in [5.74, 6) is 0.283. The number of imidazole rings is 1. The Hall–Kier alpha value is -3.66. The van der Waals surface area contributed by atoms with E-state index in [1.165, 1.54) is 29.2 Å². The minimum absolute atomic E-state index is 0.160. The molecule has 2 heterocycles. The van der Waals surface area contributed by atoms with Crippen molar-refractivity contribution >= 4 is 23.6 Å². The van der Waals surface area contributed by atoms with Crippen molar-refractivity contribution in [2.45, 2.75) is 12.7 Å². The predicted molar refractivity (Wildman–Crippen MR) is 107 cm³/mol.